The summed E-state index contributed by atoms with van der Waals surface area (Å²) in [5.74, 6) is 1.31. The molecule has 1 aromatic heterocycles. The molecule has 3 aromatic carbocycles. The van der Waals surface area contributed by atoms with E-state index in [9.17, 15) is 4.79 Å². The van der Waals surface area contributed by atoms with Gasteiger partial charge in [0.15, 0.2) is 11.5 Å². The molecule has 0 radical (unpaired) electrons. The van der Waals surface area contributed by atoms with E-state index in [2.05, 4.69) is 12.2 Å². The van der Waals surface area contributed by atoms with E-state index < -0.39 is 0 Å². The molecule has 0 saturated carbocycles. The van der Waals surface area contributed by atoms with Gasteiger partial charge in [0, 0.05) is 10.9 Å². The number of nitrogens with one attached hydrogen (secondary N) is 1. The Hall–Kier alpha value is -3.86. The van der Waals surface area contributed by atoms with E-state index in [-0.39, 0.29) is 12.0 Å². The van der Waals surface area contributed by atoms with Crippen molar-refractivity contribution in [2.24, 2.45) is 0 Å². The summed E-state index contributed by atoms with van der Waals surface area (Å²) >= 11 is 0. The summed E-state index contributed by atoms with van der Waals surface area (Å²) in [5, 5.41) is 3.93. The van der Waals surface area contributed by atoms with Crippen molar-refractivity contribution in [2.75, 3.05) is 13.2 Å². The minimum Gasteiger partial charge on any atom is -0.486 e. The quantitative estimate of drug-likeness (QED) is 0.488. The smallest absolute Gasteiger partial charge is 0.252 e. The van der Waals surface area contributed by atoms with Crippen molar-refractivity contribution in [1.82, 2.24) is 10.3 Å². The first-order chi connectivity index (χ1) is 15.7. The van der Waals surface area contributed by atoms with Gasteiger partial charge in [-0.1, -0.05) is 67.6 Å². The van der Waals surface area contributed by atoms with Crippen LogP contribution < -0.4 is 14.8 Å². The normalized spacial score (nSPS) is 14.8. The highest BCUT2D eigenvalue weighted by atomic mass is 16.6. The van der Waals surface area contributed by atoms with Gasteiger partial charge >= 0.3 is 0 Å². The zero-order valence-corrected chi connectivity index (χ0v) is 17.9. The van der Waals surface area contributed by atoms with Gasteiger partial charge in [-0.15, -0.1) is 0 Å². The van der Waals surface area contributed by atoms with E-state index in [1.807, 2.05) is 78.9 Å². The van der Waals surface area contributed by atoms with E-state index in [0.29, 0.717) is 30.9 Å². The number of carbonyl (C=O) groups excluding carboxylic acids is 1. The number of benzene rings is 3. The van der Waals surface area contributed by atoms with Crippen LogP contribution in [0.5, 0.6) is 11.5 Å². The first kappa shape index (κ1) is 20.1. The lowest BCUT2D eigenvalue weighted by Gasteiger charge is -2.26. The van der Waals surface area contributed by atoms with Crippen LogP contribution >= 0.6 is 0 Å². The van der Waals surface area contributed by atoms with Gasteiger partial charge in [0.25, 0.3) is 5.91 Å². The van der Waals surface area contributed by atoms with Crippen LogP contribution in [0.2, 0.25) is 0 Å². The van der Waals surface area contributed by atoms with E-state index in [0.717, 1.165) is 33.5 Å². The average molecular weight is 425 g/mol. The lowest BCUT2D eigenvalue weighted by atomic mass is 9.94. The molecule has 0 spiro atoms. The van der Waals surface area contributed by atoms with Crippen LogP contribution in [0, 0.1) is 0 Å². The van der Waals surface area contributed by atoms with Gasteiger partial charge in [-0.2, -0.15) is 0 Å². The first-order valence-electron chi connectivity index (χ1n) is 10.9. The van der Waals surface area contributed by atoms with Gasteiger partial charge < -0.3 is 14.8 Å². The number of amides is 1. The predicted molar refractivity (Wildman–Crippen MR) is 125 cm³/mol. The highest BCUT2D eigenvalue weighted by molar-refractivity contribution is 6.09. The average Bonchev–Trinajstić information content (AvgIpc) is 2.86. The largest absolute Gasteiger partial charge is 0.486 e. The molecular formula is C27H24N2O3. The molecule has 1 atom stereocenters. The summed E-state index contributed by atoms with van der Waals surface area (Å²) in [5.41, 5.74) is 4.28. The standard InChI is InChI=1S/C27H24N2O3/c1-2-20-25(27(30)28-16-19-17-31-23-14-8-9-15-24(23)32-19)21-12-6-7-13-22(21)29-26(20)18-10-4-3-5-11-18/h3-15,19H,2,16-17H2,1H3,(H,28,30)/t19-/m1/s1. The van der Waals surface area contributed by atoms with Gasteiger partial charge in [0.05, 0.1) is 23.3 Å². The Labute approximate surface area is 187 Å². The van der Waals surface area contributed by atoms with Gasteiger partial charge in [-0.3, -0.25) is 4.79 Å². The van der Waals surface area contributed by atoms with Gasteiger partial charge in [0.2, 0.25) is 0 Å². The SMILES string of the molecule is CCc1c(-c2ccccc2)nc2ccccc2c1C(=O)NC[C@@H]1COc2ccccc2O1. The zero-order chi connectivity index (χ0) is 21.9. The molecule has 0 bridgehead atoms. The summed E-state index contributed by atoms with van der Waals surface area (Å²) in [4.78, 5) is 18.4. The maximum atomic E-state index is 13.5. The number of rotatable bonds is 5. The molecule has 0 fully saturated rings. The molecule has 32 heavy (non-hydrogen) atoms. The molecule has 2 heterocycles. The Balaban J connectivity index is 1.47. The summed E-state index contributed by atoms with van der Waals surface area (Å²) in [6, 6.07) is 25.4. The van der Waals surface area contributed by atoms with Crippen molar-refractivity contribution in [3.8, 4) is 22.8 Å². The Kier molecular flexibility index (Phi) is 5.46. The van der Waals surface area contributed by atoms with Crippen LogP contribution in [-0.4, -0.2) is 30.1 Å². The van der Waals surface area contributed by atoms with E-state index in [4.69, 9.17) is 14.5 Å². The number of hydrogen-bond donors (Lipinski definition) is 1. The first-order valence-corrected chi connectivity index (χ1v) is 10.9. The van der Waals surface area contributed by atoms with Crippen LogP contribution in [-0.2, 0) is 6.42 Å². The predicted octanol–water partition coefficient (Wildman–Crippen LogP) is 5.03. The molecule has 5 nitrogen and oxygen atoms in total. The van der Waals surface area contributed by atoms with Crippen molar-refractivity contribution in [3.05, 3.63) is 90.0 Å². The third-order valence-electron chi connectivity index (χ3n) is 5.68. The van der Waals surface area contributed by atoms with Crippen LogP contribution in [0.3, 0.4) is 0 Å². The molecule has 160 valence electrons. The van der Waals surface area contributed by atoms with Crippen LogP contribution in [0.4, 0.5) is 0 Å². The molecule has 1 aliphatic rings. The number of fused-ring (bicyclic) bond motifs is 2. The molecule has 0 unspecified atom stereocenters. The highest BCUT2D eigenvalue weighted by Gasteiger charge is 2.24. The van der Waals surface area contributed by atoms with Gasteiger partial charge in [-0.25, -0.2) is 4.98 Å². The van der Waals surface area contributed by atoms with Gasteiger partial charge in [0.1, 0.15) is 12.7 Å². The van der Waals surface area contributed by atoms with Crippen molar-refractivity contribution in [2.45, 2.75) is 19.4 Å². The number of nitrogens with zero attached hydrogens (tertiary/aromatic N) is 1. The van der Waals surface area contributed by atoms with Crippen LogP contribution in [0.25, 0.3) is 22.2 Å². The Bertz CT molecular complexity index is 1270. The topological polar surface area (TPSA) is 60.5 Å². The van der Waals surface area contributed by atoms with E-state index in [1.54, 1.807) is 0 Å². The molecule has 1 N–H and O–H groups in total. The van der Waals surface area contributed by atoms with Gasteiger partial charge in [-0.05, 0) is 30.2 Å². The minimum absolute atomic E-state index is 0.125. The second kappa shape index (κ2) is 8.71. The van der Waals surface area contributed by atoms with Crippen LogP contribution in [0.1, 0.15) is 22.8 Å². The van der Waals surface area contributed by atoms with Crippen molar-refractivity contribution >= 4 is 16.8 Å². The molecule has 4 aromatic rings. The van der Waals surface area contributed by atoms with Crippen LogP contribution in [0.15, 0.2) is 78.9 Å². The fraction of sp³-hybridized carbons (Fsp3) is 0.185. The molecular weight excluding hydrogens is 400 g/mol. The number of aromatic nitrogens is 1. The van der Waals surface area contributed by atoms with Crippen molar-refractivity contribution in [1.29, 1.82) is 0 Å². The molecule has 0 aliphatic carbocycles. The number of para-hydroxylation sites is 3. The van der Waals surface area contributed by atoms with Crippen molar-refractivity contribution in [3.63, 3.8) is 0 Å². The fourth-order valence-corrected chi connectivity index (χ4v) is 4.15. The summed E-state index contributed by atoms with van der Waals surface area (Å²) < 4.78 is 11.8. The molecule has 1 aliphatic heterocycles. The third kappa shape index (κ3) is 3.78. The molecule has 5 heteroatoms. The number of ether oxygens (including phenoxy) is 2. The summed E-state index contributed by atoms with van der Waals surface area (Å²) in [6.07, 6.45) is 0.446. The third-order valence-corrected chi connectivity index (χ3v) is 5.68. The lowest BCUT2D eigenvalue weighted by Crippen LogP contribution is -2.41. The maximum absolute atomic E-state index is 13.5. The van der Waals surface area contributed by atoms with E-state index in [1.165, 1.54) is 0 Å². The number of pyridine rings is 1. The maximum Gasteiger partial charge on any atom is 0.252 e. The monoisotopic (exact) mass is 424 g/mol. The minimum atomic E-state index is -0.249. The Morgan fingerprint density at radius 2 is 1.69 bits per heavy atom. The summed E-state index contributed by atoms with van der Waals surface area (Å²) in [7, 11) is 0. The highest BCUT2D eigenvalue weighted by Crippen LogP contribution is 2.32. The Morgan fingerprint density at radius 3 is 2.50 bits per heavy atom. The molecule has 1 amide bonds. The van der Waals surface area contributed by atoms with Crippen molar-refractivity contribution < 1.29 is 14.3 Å². The lowest BCUT2D eigenvalue weighted by molar-refractivity contribution is 0.0789. The zero-order valence-electron chi connectivity index (χ0n) is 17.9. The fourth-order valence-electron chi connectivity index (χ4n) is 4.15. The summed E-state index contributed by atoms with van der Waals surface area (Å²) in [6.45, 7) is 2.81. The molecule has 0 saturated heterocycles. The number of hydrogen-bond acceptors (Lipinski definition) is 4. The second-order valence-corrected chi connectivity index (χ2v) is 7.76. The number of carbonyl (C=O) groups is 1. The Morgan fingerprint density at radius 1 is 0.969 bits per heavy atom. The van der Waals surface area contributed by atoms with E-state index >= 15 is 0 Å². The molecule has 5 rings (SSSR count). The second-order valence-electron chi connectivity index (χ2n) is 7.76.